The first-order valence-electron chi connectivity index (χ1n) is 31.4. The van der Waals surface area contributed by atoms with Crippen molar-refractivity contribution in [2.45, 2.75) is 313 Å². The van der Waals surface area contributed by atoms with E-state index in [-0.39, 0.29) is 39.6 Å². The van der Waals surface area contributed by atoms with Crippen molar-refractivity contribution in [1.29, 1.82) is 0 Å². The quantitative estimate of drug-likeness (QED) is 0.0281. The lowest BCUT2D eigenvalue weighted by molar-refractivity contribution is -0.00343. The third-order valence-electron chi connectivity index (χ3n) is 15.1. The van der Waals surface area contributed by atoms with Gasteiger partial charge in [0, 0.05) is 26.1 Å². The monoisotopic (exact) mass is 1150 g/mol. The topological polar surface area (TPSA) is 232 Å². The van der Waals surface area contributed by atoms with E-state index in [9.17, 15) is 33.5 Å². The third kappa shape index (κ3) is 43.8. The summed E-state index contributed by atoms with van der Waals surface area (Å²) >= 11 is 0. The summed E-state index contributed by atoms with van der Waals surface area (Å²) in [5.41, 5.74) is 5.48. The van der Waals surface area contributed by atoms with Crippen LogP contribution in [0.25, 0.3) is 0 Å². The Labute approximate surface area is 463 Å². The Morgan fingerprint density at radius 2 is 0.579 bits per heavy atom. The van der Waals surface area contributed by atoms with E-state index in [2.05, 4.69) is 0 Å². The second kappa shape index (κ2) is 49.8. The molecule has 0 saturated carbocycles. The molecule has 19 heteroatoms. The summed E-state index contributed by atoms with van der Waals surface area (Å²) < 4.78 is 78.7. The van der Waals surface area contributed by atoms with Crippen molar-refractivity contribution >= 4 is 23.5 Å². The Balaban J connectivity index is 1.19. The number of phosphoric ester groups is 3. The van der Waals surface area contributed by atoms with Gasteiger partial charge in [0.2, 0.25) is 0 Å². The van der Waals surface area contributed by atoms with E-state index in [1.165, 1.54) is 212 Å². The molecular formula is C57H116NO15P3. The SMILES string of the molecule is NCCCCCCOP(=O)(O)O[C@H]1CCO[C@@H]1COP(=O)(O)OCCCCCCCCCCCCCCCCCCCCCCCCCCCCCCCCCCCCCCCCCOP(=O)(O)OC1CCO[C@@H]1CO. The minimum absolute atomic E-state index is 0.0975. The van der Waals surface area contributed by atoms with E-state index in [0.29, 0.717) is 38.8 Å². The summed E-state index contributed by atoms with van der Waals surface area (Å²) in [6, 6.07) is 0. The van der Waals surface area contributed by atoms with E-state index in [0.717, 1.165) is 51.4 Å². The summed E-state index contributed by atoms with van der Waals surface area (Å²) in [6.07, 6.45) is 52.1. The molecule has 2 aliphatic heterocycles. The Kier molecular flexibility index (Phi) is 47.3. The molecule has 7 atom stereocenters. The molecule has 0 aromatic carbocycles. The van der Waals surface area contributed by atoms with E-state index in [1.807, 2.05) is 0 Å². The van der Waals surface area contributed by atoms with Gasteiger partial charge in [0.15, 0.2) is 0 Å². The van der Waals surface area contributed by atoms with Crippen LogP contribution in [-0.4, -0.2) is 97.0 Å². The van der Waals surface area contributed by atoms with E-state index in [4.69, 9.17) is 42.3 Å². The van der Waals surface area contributed by atoms with Crippen LogP contribution < -0.4 is 5.73 Å². The van der Waals surface area contributed by atoms with Crippen molar-refractivity contribution in [3.63, 3.8) is 0 Å². The lowest BCUT2D eigenvalue weighted by atomic mass is 10.0. The Hall–Kier alpha value is 0.170. The summed E-state index contributed by atoms with van der Waals surface area (Å²) in [7, 11) is -12.7. The molecule has 2 heterocycles. The molecule has 2 saturated heterocycles. The average molecular weight is 1150 g/mol. The van der Waals surface area contributed by atoms with Crippen LogP contribution in [0, 0.1) is 0 Å². The zero-order valence-corrected chi connectivity index (χ0v) is 50.7. The van der Waals surface area contributed by atoms with Crippen LogP contribution in [0.3, 0.4) is 0 Å². The predicted molar refractivity (Wildman–Crippen MR) is 306 cm³/mol. The molecular weight excluding hydrogens is 1030 g/mol. The molecule has 2 rings (SSSR count). The zero-order chi connectivity index (χ0) is 54.9. The van der Waals surface area contributed by atoms with Gasteiger partial charge in [-0.2, -0.15) is 0 Å². The largest absolute Gasteiger partial charge is 0.472 e. The van der Waals surface area contributed by atoms with Crippen LogP contribution in [0.1, 0.15) is 289 Å². The second-order valence-corrected chi connectivity index (χ2v) is 26.3. The fraction of sp³-hybridized carbons (Fsp3) is 1.00. The van der Waals surface area contributed by atoms with Gasteiger partial charge in [-0.15, -0.1) is 0 Å². The van der Waals surface area contributed by atoms with Crippen LogP contribution in [0.5, 0.6) is 0 Å². The highest BCUT2D eigenvalue weighted by Gasteiger charge is 2.38. The van der Waals surface area contributed by atoms with Crippen molar-refractivity contribution in [2.75, 3.05) is 52.8 Å². The van der Waals surface area contributed by atoms with Crippen LogP contribution in [-0.2, 0) is 50.3 Å². The number of hydrogen-bond donors (Lipinski definition) is 5. The van der Waals surface area contributed by atoms with Gasteiger partial charge in [-0.25, -0.2) is 13.7 Å². The average Bonchev–Trinajstić information content (AvgIpc) is 4.04. The highest BCUT2D eigenvalue weighted by atomic mass is 31.2. The number of hydrogen-bond acceptors (Lipinski definition) is 13. The summed E-state index contributed by atoms with van der Waals surface area (Å²) in [4.78, 5) is 30.1. The van der Waals surface area contributed by atoms with Gasteiger partial charge in [-0.1, -0.05) is 250 Å². The van der Waals surface area contributed by atoms with Crippen molar-refractivity contribution < 1.29 is 70.1 Å². The number of rotatable bonds is 59. The molecule has 0 aromatic rings. The van der Waals surface area contributed by atoms with Gasteiger partial charge in [0.05, 0.1) is 33.0 Å². The molecule has 0 spiro atoms. The third-order valence-corrected chi connectivity index (χ3v) is 18.1. The summed E-state index contributed by atoms with van der Waals surface area (Å²) in [5, 5.41) is 9.26. The first kappa shape index (κ1) is 72.3. The predicted octanol–water partition coefficient (Wildman–Crippen LogP) is 16.4. The number of ether oxygens (including phenoxy) is 2. The molecule has 0 radical (unpaired) electrons. The molecule has 2 aliphatic rings. The molecule has 0 aliphatic carbocycles. The maximum Gasteiger partial charge on any atom is 0.472 e. The van der Waals surface area contributed by atoms with Gasteiger partial charge < -0.3 is 35.0 Å². The molecule has 2 fully saturated rings. The lowest BCUT2D eigenvalue weighted by Crippen LogP contribution is -2.28. The van der Waals surface area contributed by atoms with Gasteiger partial charge >= 0.3 is 23.5 Å². The highest BCUT2D eigenvalue weighted by molar-refractivity contribution is 7.48. The zero-order valence-electron chi connectivity index (χ0n) is 48.0. The van der Waals surface area contributed by atoms with Gasteiger partial charge in [-0.3, -0.25) is 27.1 Å². The van der Waals surface area contributed by atoms with E-state index >= 15 is 0 Å². The molecule has 76 heavy (non-hydrogen) atoms. The molecule has 0 bridgehead atoms. The van der Waals surface area contributed by atoms with Crippen molar-refractivity contribution in [1.82, 2.24) is 0 Å². The maximum absolute atomic E-state index is 12.4. The first-order chi connectivity index (χ1) is 37.0. The lowest BCUT2D eigenvalue weighted by Gasteiger charge is -2.22. The Morgan fingerprint density at radius 1 is 0.342 bits per heavy atom. The van der Waals surface area contributed by atoms with Crippen LogP contribution >= 0.6 is 23.5 Å². The molecule has 0 aromatic heterocycles. The molecule has 6 N–H and O–H groups in total. The Morgan fingerprint density at radius 3 is 0.855 bits per heavy atom. The fourth-order valence-corrected chi connectivity index (χ4v) is 13.1. The maximum atomic E-state index is 12.4. The van der Waals surface area contributed by atoms with Crippen LogP contribution in [0.2, 0.25) is 0 Å². The van der Waals surface area contributed by atoms with Crippen molar-refractivity contribution in [3.8, 4) is 0 Å². The number of phosphoric acid groups is 3. The fourth-order valence-electron chi connectivity index (χ4n) is 10.3. The second-order valence-electron chi connectivity index (χ2n) is 22.1. The number of nitrogens with two attached hydrogens (primary N) is 1. The smallest absolute Gasteiger partial charge is 0.394 e. The number of aliphatic hydroxyl groups is 1. The molecule has 0 amide bonds. The summed E-state index contributed by atoms with van der Waals surface area (Å²) in [5.74, 6) is 0. The van der Waals surface area contributed by atoms with Gasteiger partial charge in [-0.05, 0) is 32.2 Å². The Bertz CT molecular complexity index is 1440. The minimum Gasteiger partial charge on any atom is -0.394 e. The number of aliphatic hydroxyl groups excluding tert-OH is 1. The van der Waals surface area contributed by atoms with Gasteiger partial charge in [0.25, 0.3) is 0 Å². The van der Waals surface area contributed by atoms with Crippen molar-refractivity contribution in [3.05, 3.63) is 0 Å². The van der Waals surface area contributed by atoms with E-state index in [1.54, 1.807) is 0 Å². The molecule has 16 nitrogen and oxygen atoms in total. The molecule has 454 valence electrons. The standard InChI is InChI=1S/C57H116NO15P3/c58-46-40-36-39-43-49-70-76(64,65)73-55-45-51-67-57(55)53-71-74(60,61)68-47-41-37-34-32-30-28-26-24-22-20-18-16-14-12-10-8-6-4-2-1-3-5-7-9-11-13-15-17-19-21-23-25-27-29-31-33-35-38-42-48-69-75(62,63)72-54-44-50-66-56(54)52-59/h54-57,59H,1-53,58H2,(H,60,61)(H,62,63)(H,64,65)/t54?,55-,56+,57+/m0/s1. The highest BCUT2D eigenvalue weighted by Crippen LogP contribution is 2.49. The van der Waals surface area contributed by atoms with Crippen LogP contribution in [0.4, 0.5) is 0 Å². The normalized spacial score (nSPS) is 20.3. The number of unbranched alkanes of at least 4 members (excludes halogenated alkanes) is 41. The van der Waals surface area contributed by atoms with Gasteiger partial charge in [0.1, 0.15) is 24.4 Å². The minimum atomic E-state index is -4.29. The first-order valence-corrected chi connectivity index (χ1v) is 35.9. The summed E-state index contributed by atoms with van der Waals surface area (Å²) in [6.45, 7) is 1.24. The van der Waals surface area contributed by atoms with Crippen molar-refractivity contribution in [2.24, 2.45) is 5.73 Å². The van der Waals surface area contributed by atoms with E-state index < -0.39 is 47.9 Å². The van der Waals surface area contributed by atoms with Crippen LogP contribution in [0.15, 0.2) is 0 Å². The molecule has 4 unspecified atom stereocenters.